The molecule has 3 aromatic rings. The lowest BCUT2D eigenvalue weighted by atomic mass is 9.85. The summed E-state index contributed by atoms with van der Waals surface area (Å²) in [5.41, 5.74) is 4.36. The predicted octanol–water partition coefficient (Wildman–Crippen LogP) is 3.48. The van der Waals surface area contributed by atoms with Crippen LogP contribution < -0.4 is 5.32 Å². The highest BCUT2D eigenvalue weighted by Gasteiger charge is 2.26. The Bertz CT molecular complexity index is 1080. The van der Waals surface area contributed by atoms with Gasteiger partial charge in [0.15, 0.2) is 0 Å². The van der Waals surface area contributed by atoms with Gasteiger partial charge in [0, 0.05) is 61.8 Å². The van der Waals surface area contributed by atoms with Gasteiger partial charge >= 0.3 is 0 Å². The number of aliphatic hydroxyl groups is 1. The Morgan fingerprint density at radius 3 is 2.74 bits per heavy atom. The summed E-state index contributed by atoms with van der Waals surface area (Å²) >= 11 is 0. The highest BCUT2D eigenvalue weighted by atomic mass is 16.5. The van der Waals surface area contributed by atoms with Gasteiger partial charge in [-0.1, -0.05) is 0 Å². The average molecular weight is 469 g/mol. The number of fused-ring (bicyclic) bond motifs is 1. The van der Waals surface area contributed by atoms with Crippen LogP contribution >= 0.6 is 0 Å². The molecule has 0 amide bonds. The first-order valence-corrected chi connectivity index (χ1v) is 12.5. The molecule has 2 N–H and O–H groups in total. The first kappa shape index (κ1) is 23.3. The zero-order valence-corrected chi connectivity index (χ0v) is 20.2. The van der Waals surface area contributed by atoms with Crippen LogP contribution in [0.3, 0.4) is 0 Å². The molecule has 0 aromatic carbocycles. The topological polar surface area (TPSA) is 98.7 Å². The number of nitrogens with zero attached hydrogens (tertiary/aromatic N) is 5. The lowest BCUT2D eigenvalue weighted by Crippen LogP contribution is -2.23. The van der Waals surface area contributed by atoms with E-state index in [1.807, 2.05) is 16.9 Å². The SMILES string of the molecule is COC[C@H](C)Nc1ncc2c(-c3cnn(CC4CCOCC4)c3)cc(C3CCC(O)CC3)n2n1. The second-order valence-electron chi connectivity index (χ2n) is 9.87. The molecule has 1 aliphatic heterocycles. The van der Waals surface area contributed by atoms with Crippen molar-refractivity contribution in [1.29, 1.82) is 0 Å². The Labute approximate surface area is 200 Å². The van der Waals surface area contributed by atoms with Gasteiger partial charge in [-0.15, -0.1) is 5.10 Å². The van der Waals surface area contributed by atoms with Crippen molar-refractivity contribution in [3.8, 4) is 11.1 Å². The van der Waals surface area contributed by atoms with E-state index in [2.05, 4.69) is 39.3 Å². The van der Waals surface area contributed by atoms with E-state index in [0.29, 0.717) is 24.4 Å². The molecule has 9 heteroatoms. The maximum absolute atomic E-state index is 10.0. The number of anilines is 1. The summed E-state index contributed by atoms with van der Waals surface area (Å²) in [5.74, 6) is 1.56. The van der Waals surface area contributed by atoms with Crippen LogP contribution in [0, 0.1) is 5.92 Å². The molecule has 1 aliphatic carbocycles. The van der Waals surface area contributed by atoms with Crippen LogP contribution in [0.5, 0.6) is 0 Å². The summed E-state index contributed by atoms with van der Waals surface area (Å²) in [5, 5.41) is 22.9. The maximum Gasteiger partial charge on any atom is 0.241 e. The monoisotopic (exact) mass is 468 g/mol. The predicted molar refractivity (Wildman–Crippen MR) is 130 cm³/mol. The molecule has 1 atom stereocenters. The van der Waals surface area contributed by atoms with Gasteiger partial charge < -0.3 is 19.9 Å². The van der Waals surface area contributed by atoms with Crippen LogP contribution in [0.4, 0.5) is 5.95 Å². The normalized spacial score (nSPS) is 22.8. The molecular weight excluding hydrogens is 432 g/mol. The van der Waals surface area contributed by atoms with Gasteiger partial charge in [-0.3, -0.25) is 4.68 Å². The van der Waals surface area contributed by atoms with E-state index in [-0.39, 0.29) is 12.1 Å². The molecule has 3 aromatic heterocycles. The van der Waals surface area contributed by atoms with Crippen molar-refractivity contribution in [1.82, 2.24) is 24.4 Å². The molecule has 0 bridgehead atoms. The molecule has 2 fully saturated rings. The molecule has 0 unspecified atom stereocenters. The number of hydrogen-bond acceptors (Lipinski definition) is 7. The summed E-state index contributed by atoms with van der Waals surface area (Å²) in [6.07, 6.45) is 11.6. The van der Waals surface area contributed by atoms with Gasteiger partial charge in [-0.25, -0.2) is 9.50 Å². The number of aromatic nitrogens is 5. The van der Waals surface area contributed by atoms with Crippen molar-refractivity contribution in [2.24, 2.45) is 5.92 Å². The summed E-state index contributed by atoms with van der Waals surface area (Å²) in [7, 11) is 1.69. The Hall–Kier alpha value is -2.49. The molecule has 2 aliphatic rings. The van der Waals surface area contributed by atoms with Crippen LogP contribution in [0.25, 0.3) is 16.6 Å². The highest BCUT2D eigenvalue weighted by Crippen LogP contribution is 2.37. The molecule has 34 heavy (non-hydrogen) atoms. The zero-order chi connectivity index (χ0) is 23.5. The van der Waals surface area contributed by atoms with E-state index in [9.17, 15) is 5.11 Å². The van der Waals surface area contributed by atoms with E-state index in [1.54, 1.807) is 7.11 Å². The van der Waals surface area contributed by atoms with Gasteiger partial charge in [0.1, 0.15) is 0 Å². The third kappa shape index (κ3) is 5.11. The third-order valence-corrected chi connectivity index (χ3v) is 7.18. The first-order valence-electron chi connectivity index (χ1n) is 12.5. The number of nitrogens with one attached hydrogen (secondary N) is 1. The second-order valence-corrected chi connectivity index (χ2v) is 9.87. The smallest absolute Gasteiger partial charge is 0.241 e. The second kappa shape index (κ2) is 10.4. The third-order valence-electron chi connectivity index (χ3n) is 7.18. The molecule has 1 saturated carbocycles. The number of hydrogen-bond donors (Lipinski definition) is 2. The van der Waals surface area contributed by atoms with Crippen molar-refractivity contribution in [3.05, 3.63) is 30.4 Å². The molecule has 1 saturated heterocycles. The van der Waals surface area contributed by atoms with Crippen molar-refractivity contribution in [2.75, 3.05) is 32.2 Å². The Morgan fingerprint density at radius 1 is 1.18 bits per heavy atom. The zero-order valence-electron chi connectivity index (χ0n) is 20.2. The van der Waals surface area contributed by atoms with E-state index in [1.165, 1.54) is 5.69 Å². The quantitative estimate of drug-likeness (QED) is 0.522. The standard InChI is InChI=1S/C25H36N6O3/c1-17(16-33-2)28-25-26-13-24-22(11-23(31(24)29-25)19-3-5-21(32)6-4-19)20-12-27-30(15-20)14-18-7-9-34-10-8-18/h11-13,15,17-19,21,32H,3-10,14,16H2,1-2H3,(H,28,29)/t17-,19?,21?/m0/s1. The van der Waals surface area contributed by atoms with E-state index in [4.69, 9.17) is 14.6 Å². The summed E-state index contributed by atoms with van der Waals surface area (Å²) < 4.78 is 14.9. The number of ether oxygens (including phenoxy) is 2. The molecule has 0 spiro atoms. The lowest BCUT2D eigenvalue weighted by Gasteiger charge is -2.25. The van der Waals surface area contributed by atoms with Crippen LogP contribution in [-0.2, 0) is 16.0 Å². The van der Waals surface area contributed by atoms with Crippen LogP contribution in [0.15, 0.2) is 24.7 Å². The number of aliphatic hydroxyl groups excluding tert-OH is 1. The Morgan fingerprint density at radius 2 is 1.97 bits per heavy atom. The molecule has 9 nitrogen and oxygen atoms in total. The minimum absolute atomic E-state index is 0.106. The van der Waals surface area contributed by atoms with E-state index < -0.39 is 0 Å². The van der Waals surface area contributed by atoms with Crippen LogP contribution in [0.1, 0.15) is 57.1 Å². The maximum atomic E-state index is 10.0. The molecule has 5 rings (SSSR count). The van der Waals surface area contributed by atoms with Gasteiger partial charge in [-0.05, 0) is 57.4 Å². The van der Waals surface area contributed by atoms with Gasteiger partial charge in [0.25, 0.3) is 0 Å². The fourth-order valence-corrected chi connectivity index (χ4v) is 5.28. The summed E-state index contributed by atoms with van der Waals surface area (Å²) in [6, 6.07) is 2.36. The van der Waals surface area contributed by atoms with Crippen LogP contribution in [-0.4, -0.2) is 68.6 Å². The number of methoxy groups -OCH3 is 1. The average Bonchev–Trinajstić information content (AvgIpc) is 3.45. The highest BCUT2D eigenvalue weighted by molar-refractivity contribution is 5.81. The first-order chi connectivity index (χ1) is 16.6. The summed E-state index contributed by atoms with van der Waals surface area (Å²) in [6.45, 7) is 5.25. The largest absolute Gasteiger partial charge is 0.393 e. The van der Waals surface area contributed by atoms with Crippen molar-refractivity contribution in [3.63, 3.8) is 0 Å². The van der Waals surface area contributed by atoms with Gasteiger partial charge in [-0.2, -0.15) is 5.10 Å². The molecular formula is C25H36N6O3. The van der Waals surface area contributed by atoms with Crippen LogP contribution in [0.2, 0.25) is 0 Å². The van der Waals surface area contributed by atoms with Gasteiger partial charge in [0.2, 0.25) is 5.95 Å². The lowest BCUT2D eigenvalue weighted by molar-refractivity contribution is 0.0601. The Kier molecular flexibility index (Phi) is 7.12. The molecule has 4 heterocycles. The van der Waals surface area contributed by atoms with E-state index in [0.717, 1.165) is 74.9 Å². The summed E-state index contributed by atoms with van der Waals surface area (Å²) in [4.78, 5) is 4.61. The van der Waals surface area contributed by atoms with E-state index >= 15 is 0 Å². The molecule has 0 radical (unpaired) electrons. The Balaban J connectivity index is 1.46. The fourth-order valence-electron chi connectivity index (χ4n) is 5.28. The van der Waals surface area contributed by atoms with Crippen molar-refractivity contribution in [2.45, 2.75) is 70.1 Å². The van der Waals surface area contributed by atoms with Gasteiger partial charge in [0.05, 0.1) is 30.6 Å². The minimum Gasteiger partial charge on any atom is -0.393 e. The fraction of sp³-hybridized carbons (Fsp3) is 0.640. The minimum atomic E-state index is -0.188. The van der Waals surface area contributed by atoms with Crippen molar-refractivity contribution < 1.29 is 14.6 Å². The molecule has 184 valence electrons. The number of rotatable bonds is 8. The van der Waals surface area contributed by atoms with Crippen molar-refractivity contribution >= 4 is 11.5 Å².